The Morgan fingerprint density at radius 2 is 2.09 bits per heavy atom. The maximum atomic E-state index is 17.1. The summed E-state index contributed by atoms with van der Waals surface area (Å²) in [6.07, 6.45) is 8.93. The highest BCUT2D eigenvalue weighted by Gasteiger charge is 2.53. The Morgan fingerprint density at radius 1 is 1.39 bits per heavy atom. The van der Waals surface area contributed by atoms with Gasteiger partial charge in [-0.25, -0.2) is 9.37 Å². The quantitative estimate of drug-likeness (QED) is 0.506. The lowest BCUT2D eigenvalue weighted by molar-refractivity contribution is -0.126. The molecule has 3 aliphatic rings. The van der Waals surface area contributed by atoms with Crippen molar-refractivity contribution in [2.45, 2.75) is 69.2 Å². The summed E-state index contributed by atoms with van der Waals surface area (Å²) < 4.78 is 23.4. The number of hydrogen-bond donors (Lipinski definition) is 2. The van der Waals surface area contributed by atoms with Crippen LogP contribution in [0.1, 0.15) is 51.2 Å². The molecule has 4 rings (SSSR count). The standard InChI is InChI=1S/C25H35ClFN3O2Si/c1-23(2,3)33(5,6)32-13-12-25(27)17(8-7-9-18(25)22(31)28-4)16-14-29-21-19(20(16)26)24(10-11-24)15-30-21/h7-9,14,18H,10-13,15H2,1-6H3,(H,28,31)(H,29,30). The van der Waals surface area contributed by atoms with E-state index in [-0.39, 0.29) is 29.4 Å². The number of nitrogens with zero attached hydrogens (tertiary/aromatic N) is 1. The van der Waals surface area contributed by atoms with Gasteiger partial charge in [0, 0.05) is 54.9 Å². The number of hydrogen-bond acceptors (Lipinski definition) is 4. The number of allylic oxidation sites excluding steroid dienone is 3. The molecule has 1 saturated carbocycles. The van der Waals surface area contributed by atoms with Gasteiger partial charge in [-0.1, -0.05) is 50.6 Å². The average Bonchev–Trinajstić information content (AvgIpc) is 3.41. The zero-order chi connectivity index (χ0) is 24.2. The lowest BCUT2D eigenvalue weighted by Gasteiger charge is -2.39. The van der Waals surface area contributed by atoms with E-state index in [1.54, 1.807) is 24.4 Å². The van der Waals surface area contributed by atoms with Crippen molar-refractivity contribution in [2.75, 3.05) is 25.5 Å². The topological polar surface area (TPSA) is 63.2 Å². The van der Waals surface area contributed by atoms with Crippen molar-refractivity contribution in [2.24, 2.45) is 5.92 Å². The fraction of sp³-hybridized carbons (Fsp3) is 0.600. The van der Waals surface area contributed by atoms with E-state index in [0.717, 1.165) is 30.8 Å². The Labute approximate surface area is 202 Å². The van der Waals surface area contributed by atoms with Crippen molar-refractivity contribution in [3.63, 3.8) is 0 Å². The Bertz CT molecular complexity index is 1030. The molecule has 5 nitrogen and oxygen atoms in total. The van der Waals surface area contributed by atoms with Gasteiger partial charge in [-0.2, -0.15) is 0 Å². The van der Waals surface area contributed by atoms with E-state index in [9.17, 15) is 4.79 Å². The van der Waals surface area contributed by atoms with Gasteiger partial charge in [0.05, 0.1) is 10.9 Å². The summed E-state index contributed by atoms with van der Waals surface area (Å²) in [6, 6.07) is 0. The van der Waals surface area contributed by atoms with Crippen LogP contribution in [0.25, 0.3) is 5.57 Å². The minimum absolute atomic E-state index is 0.0145. The van der Waals surface area contributed by atoms with Crippen LogP contribution in [0, 0.1) is 5.92 Å². The van der Waals surface area contributed by atoms with Crippen LogP contribution >= 0.6 is 11.6 Å². The number of fused-ring (bicyclic) bond motifs is 2. The zero-order valence-corrected chi connectivity index (χ0v) is 22.2. The molecule has 1 aromatic rings. The molecule has 2 unspecified atom stereocenters. The summed E-state index contributed by atoms with van der Waals surface area (Å²) >= 11 is 6.93. The second kappa shape index (κ2) is 8.20. The third kappa shape index (κ3) is 4.06. The number of halogens is 2. The van der Waals surface area contributed by atoms with E-state index in [2.05, 4.69) is 49.5 Å². The molecule has 2 aliphatic carbocycles. The maximum absolute atomic E-state index is 17.1. The van der Waals surface area contributed by atoms with Crippen molar-refractivity contribution in [1.29, 1.82) is 0 Å². The Kier molecular flexibility index (Phi) is 6.07. The van der Waals surface area contributed by atoms with Crippen LogP contribution in [0.5, 0.6) is 0 Å². The average molecular weight is 492 g/mol. The number of aromatic nitrogens is 1. The van der Waals surface area contributed by atoms with Gasteiger partial charge in [0.1, 0.15) is 5.82 Å². The van der Waals surface area contributed by atoms with Crippen molar-refractivity contribution >= 4 is 37.2 Å². The summed E-state index contributed by atoms with van der Waals surface area (Å²) in [5, 5.41) is 6.53. The summed E-state index contributed by atoms with van der Waals surface area (Å²) in [5.74, 6) is -0.540. The molecule has 2 atom stereocenters. The van der Waals surface area contributed by atoms with Gasteiger partial charge in [0.2, 0.25) is 5.91 Å². The lowest BCUT2D eigenvalue weighted by atomic mass is 9.74. The normalized spacial score (nSPS) is 25.5. The van der Waals surface area contributed by atoms with E-state index >= 15 is 4.39 Å². The molecule has 1 aliphatic heterocycles. The fourth-order valence-corrected chi connectivity index (χ4v) is 6.15. The minimum Gasteiger partial charge on any atom is -0.417 e. The molecule has 180 valence electrons. The molecule has 2 N–H and O–H groups in total. The summed E-state index contributed by atoms with van der Waals surface area (Å²) in [4.78, 5) is 17.3. The predicted molar refractivity (Wildman–Crippen MR) is 135 cm³/mol. The SMILES string of the molecule is CNC(=O)C1C=CC=C(c2cnc3c(c2Cl)C2(CC2)CN3)C1(F)CCO[Si](C)(C)C(C)(C)C. The van der Waals surface area contributed by atoms with Gasteiger partial charge < -0.3 is 15.1 Å². The van der Waals surface area contributed by atoms with Crippen LogP contribution < -0.4 is 10.6 Å². The Morgan fingerprint density at radius 3 is 2.70 bits per heavy atom. The minimum atomic E-state index is -2.07. The molecular weight excluding hydrogens is 457 g/mol. The molecule has 1 amide bonds. The summed E-state index contributed by atoms with van der Waals surface area (Å²) in [6.45, 7) is 11.8. The first kappa shape index (κ1) is 24.4. The highest BCUT2D eigenvalue weighted by atomic mass is 35.5. The molecule has 0 radical (unpaired) electrons. The maximum Gasteiger partial charge on any atom is 0.230 e. The molecule has 2 heterocycles. The van der Waals surface area contributed by atoms with Crippen LogP contribution in [0.15, 0.2) is 24.4 Å². The first-order chi connectivity index (χ1) is 15.4. The van der Waals surface area contributed by atoms with Crippen molar-refractivity contribution in [3.05, 3.63) is 40.6 Å². The number of pyridine rings is 1. The molecular formula is C25H35ClFN3O2Si. The predicted octanol–water partition coefficient (Wildman–Crippen LogP) is 5.63. The molecule has 1 aromatic heterocycles. The van der Waals surface area contributed by atoms with Gasteiger partial charge in [-0.3, -0.25) is 4.79 Å². The number of anilines is 1. The van der Waals surface area contributed by atoms with E-state index in [1.807, 2.05) is 0 Å². The molecule has 1 fully saturated rings. The number of carbonyl (C=O) groups is 1. The van der Waals surface area contributed by atoms with Crippen molar-refractivity contribution in [1.82, 2.24) is 10.3 Å². The Hall–Kier alpha value is -1.70. The van der Waals surface area contributed by atoms with Crippen LogP contribution in [-0.4, -0.2) is 45.1 Å². The largest absolute Gasteiger partial charge is 0.417 e. The van der Waals surface area contributed by atoms with E-state index in [0.29, 0.717) is 16.2 Å². The van der Waals surface area contributed by atoms with Crippen molar-refractivity contribution < 1.29 is 13.6 Å². The summed E-state index contributed by atoms with van der Waals surface area (Å²) in [7, 11) is -0.533. The summed E-state index contributed by atoms with van der Waals surface area (Å²) in [5.41, 5.74) is 0.0253. The molecule has 0 aromatic carbocycles. The number of carbonyl (C=O) groups excluding carboxylic acids is 1. The van der Waals surface area contributed by atoms with E-state index in [4.69, 9.17) is 16.0 Å². The van der Waals surface area contributed by atoms with Gasteiger partial charge in [0.25, 0.3) is 0 Å². The van der Waals surface area contributed by atoms with Gasteiger partial charge in [0.15, 0.2) is 14.0 Å². The van der Waals surface area contributed by atoms with Crippen LogP contribution in [0.3, 0.4) is 0 Å². The number of alkyl halides is 1. The third-order valence-electron chi connectivity index (χ3n) is 8.05. The molecule has 1 spiro atoms. The van der Waals surface area contributed by atoms with Gasteiger partial charge in [-0.05, 0) is 31.0 Å². The highest BCUT2D eigenvalue weighted by molar-refractivity contribution is 6.74. The second-order valence-corrected chi connectivity index (χ2v) is 16.3. The van der Waals surface area contributed by atoms with Crippen LogP contribution in [0.2, 0.25) is 23.2 Å². The first-order valence-electron chi connectivity index (χ1n) is 11.7. The van der Waals surface area contributed by atoms with Gasteiger partial charge in [-0.15, -0.1) is 0 Å². The fourth-order valence-electron chi connectivity index (χ4n) is 4.66. The van der Waals surface area contributed by atoms with Gasteiger partial charge >= 0.3 is 0 Å². The van der Waals surface area contributed by atoms with E-state index in [1.165, 1.54) is 7.05 Å². The number of rotatable bonds is 6. The number of amides is 1. The first-order valence-corrected chi connectivity index (χ1v) is 15.0. The van der Waals surface area contributed by atoms with Crippen LogP contribution in [0.4, 0.5) is 10.2 Å². The lowest BCUT2D eigenvalue weighted by Crippen LogP contribution is -2.46. The second-order valence-electron chi connectivity index (χ2n) is 11.1. The molecule has 0 bridgehead atoms. The smallest absolute Gasteiger partial charge is 0.230 e. The Balaban J connectivity index is 1.70. The highest BCUT2D eigenvalue weighted by Crippen LogP contribution is 2.58. The molecule has 8 heteroatoms. The van der Waals surface area contributed by atoms with Crippen molar-refractivity contribution in [3.8, 4) is 0 Å². The molecule has 0 saturated heterocycles. The zero-order valence-electron chi connectivity index (χ0n) is 20.4. The van der Waals surface area contributed by atoms with E-state index < -0.39 is 19.9 Å². The number of nitrogens with one attached hydrogen (secondary N) is 2. The monoisotopic (exact) mass is 491 g/mol. The van der Waals surface area contributed by atoms with Crippen LogP contribution in [-0.2, 0) is 14.6 Å². The third-order valence-corrected chi connectivity index (χ3v) is 13.0. The molecule has 33 heavy (non-hydrogen) atoms.